The van der Waals surface area contributed by atoms with Crippen molar-refractivity contribution >= 4 is 40.7 Å². The molecule has 0 saturated carbocycles. The van der Waals surface area contributed by atoms with Gasteiger partial charge in [0.05, 0.1) is 0 Å². The second-order valence-corrected chi connectivity index (χ2v) is 6.50. The average Bonchev–Trinajstić information content (AvgIpc) is 2.84. The Morgan fingerprint density at radius 1 is 1.44 bits per heavy atom. The van der Waals surface area contributed by atoms with E-state index in [4.69, 9.17) is 11.1 Å². The average molecular weight is 297 g/mol. The Hall–Kier alpha value is -1.12. The molecule has 0 atom stereocenters. The maximum Gasteiger partial charge on any atom is 0.175 e. The lowest BCUT2D eigenvalue weighted by atomic mass is 10.2. The Bertz CT molecular complexity index is 554. The van der Waals surface area contributed by atoms with Gasteiger partial charge in [-0.25, -0.2) is 0 Å². The van der Waals surface area contributed by atoms with E-state index in [2.05, 4.69) is 15.2 Å². The Balaban J connectivity index is 2.08. The van der Waals surface area contributed by atoms with Crippen LogP contribution in [0.15, 0.2) is 27.0 Å². The lowest BCUT2D eigenvalue weighted by Crippen LogP contribution is -2.15. The molecule has 0 fully saturated rings. The Labute approximate surface area is 117 Å². The van der Waals surface area contributed by atoms with E-state index in [-0.39, 0.29) is 5.84 Å². The van der Waals surface area contributed by atoms with Crippen LogP contribution in [0.25, 0.3) is 0 Å². The summed E-state index contributed by atoms with van der Waals surface area (Å²) >= 11 is 4.73. The second-order valence-electron chi connectivity index (χ2n) is 3.25. The van der Waals surface area contributed by atoms with Gasteiger partial charge in [-0.1, -0.05) is 40.9 Å². The Morgan fingerprint density at radius 2 is 2.22 bits per heavy atom. The summed E-state index contributed by atoms with van der Waals surface area (Å²) in [6.07, 6.45) is 3.62. The lowest BCUT2D eigenvalue weighted by molar-refractivity contribution is 0.955. The first kappa shape index (κ1) is 13.3. The minimum Gasteiger partial charge on any atom is -0.382 e. The zero-order valence-corrected chi connectivity index (χ0v) is 12.0. The first-order valence-corrected chi connectivity index (χ1v) is 8.02. The van der Waals surface area contributed by atoms with Crippen molar-refractivity contribution in [2.24, 2.45) is 5.73 Å². The molecule has 0 amide bonds. The molecule has 8 heteroatoms. The molecule has 2 aromatic rings. The zero-order chi connectivity index (χ0) is 13.0. The molecule has 0 aliphatic carbocycles. The fourth-order valence-corrected chi connectivity index (χ4v) is 3.70. The number of nitrogen functional groups attached to an aromatic ring is 1. The highest BCUT2D eigenvalue weighted by Gasteiger charge is 2.09. The summed E-state index contributed by atoms with van der Waals surface area (Å²) in [5, 5.41) is 15.6. The van der Waals surface area contributed by atoms with Gasteiger partial charge in [-0.3, -0.25) is 10.4 Å². The summed E-state index contributed by atoms with van der Waals surface area (Å²) in [7, 11) is 0. The molecule has 0 radical (unpaired) electrons. The normalized spacial score (nSPS) is 10.5. The van der Waals surface area contributed by atoms with E-state index in [0.29, 0.717) is 11.4 Å². The van der Waals surface area contributed by atoms with E-state index in [1.165, 1.54) is 0 Å². The third-order valence-corrected chi connectivity index (χ3v) is 5.14. The summed E-state index contributed by atoms with van der Waals surface area (Å²) in [5.74, 6) is 0.680. The molecule has 2 heterocycles. The van der Waals surface area contributed by atoms with Crippen LogP contribution in [0.3, 0.4) is 0 Å². The van der Waals surface area contributed by atoms with Gasteiger partial charge in [0.15, 0.2) is 8.68 Å². The number of pyridine rings is 1. The van der Waals surface area contributed by atoms with E-state index < -0.39 is 0 Å². The molecule has 0 aliphatic rings. The smallest absolute Gasteiger partial charge is 0.175 e. The summed E-state index contributed by atoms with van der Waals surface area (Å²) in [5.41, 5.74) is 6.97. The highest BCUT2D eigenvalue weighted by Crippen LogP contribution is 2.29. The highest BCUT2D eigenvalue weighted by atomic mass is 32.2. The third-order valence-electron chi connectivity index (χ3n) is 2.06. The number of nitrogens with one attached hydrogen (secondary N) is 1. The van der Waals surface area contributed by atoms with E-state index in [1.54, 1.807) is 41.1 Å². The number of rotatable bonds is 5. The van der Waals surface area contributed by atoms with Crippen molar-refractivity contribution in [3.8, 4) is 0 Å². The van der Waals surface area contributed by atoms with E-state index in [1.807, 2.05) is 18.4 Å². The predicted molar refractivity (Wildman–Crippen MR) is 76.5 cm³/mol. The van der Waals surface area contributed by atoms with E-state index in [0.717, 1.165) is 14.2 Å². The Morgan fingerprint density at radius 3 is 2.89 bits per heavy atom. The van der Waals surface area contributed by atoms with Crippen LogP contribution in [-0.4, -0.2) is 27.3 Å². The van der Waals surface area contributed by atoms with Gasteiger partial charge in [0.2, 0.25) is 0 Å². The predicted octanol–water partition coefficient (Wildman–Crippen LogP) is 2.23. The third kappa shape index (κ3) is 3.21. The van der Waals surface area contributed by atoms with Crippen LogP contribution in [0.1, 0.15) is 11.3 Å². The monoisotopic (exact) mass is 297 g/mol. The lowest BCUT2D eigenvalue weighted by Gasteiger charge is -2.04. The van der Waals surface area contributed by atoms with Gasteiger partial charge in [-0.2, -0.15) is 0 Å². The first-order chi connectivity index (χ1) is 8.70. The van der Waals surface area contributed by atoms with Crippen LogP contribution >= 0.6 is 34.9 Å². The van der Waals surface area contributed by atoms with Crippen molar-refractivity contribution in [1.82, 2.24) is 15.2 Å². The molecule has 2 aromatic heterocycles. The number of amidine groups is 1. The first-order valence-electron chi connectivity index (χ1n) is 4.99. The molecule has 5 nitrogen and oxygen atoms in total. The zero-order valence-electron chi connectivity index (χ0n) is 9.58. The van der Waals surface area contributed by atoms with Crippen LogP contribution < -0.4 is 5.73 Å². The van der Waals surface area contributed by atoms with Crippen molar-refractivity contribution in [3.05, 3.63) is 29.6 Å². The second kappa shape index (κ2) is 6.17. The molecule has 0 bridgehead atoms. The molecule has 0 spiro atoms. The number of hydrogen-bond donors (Lipinski definition) is 2. The van der Waals surface area contributed by atoms with Crippen LogP contribution in [0, 0.1) is 5.41 Å². The summed E-state index contributed by atoms with van der Waals surface area (Å²) in [6, 6.07) is 3.77. The van der Waals surface area contributed by atoms with Crippen molar-refractivity contribution in [3.63, 3.8) is 0 Å². The van der Waals surface area contributed by atoms with Crippen LogP contribution in [0.4, 0.5) is 0 Å². The van der Waals surface area contributed by atoms with Crippen LogP contribution in [0.5, 0.6) is 0 Å². The van der Waals surface area contributed by atoms with Gasteiger partial charge in [0.25, 0.3) is 0 Å². The highest BCUT2D eigenvalue weighted by molar-refractivity contribution is 8.02. The Kier molecular flexibility index (Phi) is 4.56. The maximum atomic E-state index is 7.47. The summed E-state index contributed by atoms with van der Waals surface area (Å²) < 4.78 is 1.87. The molecule has 0 aromatic carbocycles. The van der Waals surface area contributed by atoms with E-state index in [9.17, 15) is 0 Å². The summed E-state index contributed by atoms with van der Waals surface area (Å²) in [4.78, 5) is 4.11. The molecule has 2 rings (SSSR count). The fraction of sp³-hybridized carbons (Fsp3) is 0.200. The molecular formula is C10H11N5S3. The molecule has 94 valence electrons. The molecule has 0 aliphatic heterocycles. The standard InChI is InChI=1S/C10H11N5S3/c1-16-9-14-15-10(18-9)17-5-6-3-2-4-13-7(6)8(11)12/h2-4H,5H2,1H3,(H3,11,12). The topological polar surface area (TPSA) is 88.5 Å². The van der Waals surface area contributed by atoms with Gasteiger partial charge in [-0.15, -0.1) is 10.2 Å². The van der Waals surface area contributed by atoms with Gasteiger partial charge < -0.3 is 5.73 Å². The number of nitrogens with zero attached hydrogens (tertiary/aromatic N) is 3. The fourth-order valence-electron chi connectivity index (χ4n) is 1.28. The SMILES string of the molecule is CSc1nnc(SCc2cccnc2C(=N)N)s1. The van der Waals surface area contributed by atoms with Crippen LogP contribution in [-0.2, 0) is 5.75 Å². The van der Waals surface area contributed by atoms with Gasteiger partial charge in [-0.05, 0) is 17.9 Å². The largest absolute Gasteiger partial charge is 0.382 e. The molecular weight excluding hydrogens is 286 g/mol. The quantitative estimate of drug-likeness (QED) is 0.500. The number of hydrogen-bond acceptors (Lipinski definition) is 7. The molecule has 18 heavy (non-hydrogen) atoms. The van der Waals surface area contributed by atoms with Crippen molar-refractivity contribution < 1.29 is 0 Å². The summed E-state index contributed by atoms with van der Waals surface area (Å²) in [6.45, 7) is 0. The van der Waals surface area contributed by atoms with Crippen molar-refractivity contribution in [2.75, 3.05) is 6.26 Å². The van der Waals surface area contributed by atoms with E-state index >= 15 is 0 Å². The molecule has 0 saturated heterocycles. The minimum absolute atomic E-state index is 0.00623. The molecule has 3 N–H and O–H groups in total. The van der Waals surface area contributed by atoms with Crippen LogP contribution in [0.2, 0.25) is 0 Å². The molecule has 0 unspecified atom stereocenters. The number of aromatic nitrogens is 3. The number of nitrogens with two attached hydrogens (primary N) is 1. The van der Waals surface area contributed by atoms with Crippen molar-refractivity contribution in [1.29, 1.82) is 5.41 Å². The van der Waals surface area contributed by atoms with Gasteiger partial charge in [0.1, 0.15) is 11.5 Å². The minimum atomic E-state index is -0.00623. The van der Waals surface area contributed by atoms with Crippen molar-refractivity contribution in [2.45, 2.75) is 14.4 Å². The van der Waals surface area contributed by atoms with Gasteiger partial charge in [0, 0.05) is 11.9 Å². The number of thioether (sulfide) groups is 2. The maximum absolute atomic E-state index is 7.47. The van der Waals surface area contributed by atoms with Gasteiger partial charge >= 0.3 is 0 Å².